The summed E-state index contributed by atoms with van der Waals surface area (Å²) >= 11 is 0. The molecule has 2 fully saturated rings. The van der Waals surface area contributed by atoms with Crippen molar-refractivity contribution < 1.29 is 4.79 Å². The van der Waals surface area contributed by atoms with Crippen molar-refractivity contribution in [1.29, 1.82) is 0 Å². The van der Waals surface area contributed by atoms with Crippen molar-refractivity contribution in [3.63, 3.8) is 0 Å². The van der Waals surface area contributed by atoms with Crippen molar-refractivity contribution in [2.24, 2.45) is 0 Å². The van der Waals surface area contributed by atoms with Crippen LogP contribution in [0, 0.1) is 6.92 Å². The standard InChI is InChI=1S/C14H19N3O/c1-9-3-2-4-13(15-9)14(18)17-12-7-10-5-6-11(8-12)16-10/h2-4,10-12,16H,5-8H2,1H3,(H,17,18). The second kappa shape index (κ2) is 4.69. The number of rotatable bonds is 2. The van der Waals surface area contributed by atoms with Crippen LogP contribution in [0.3, 0.4) is 0 Å². The summed E-state index contributed by atoms with van der Waals surface area (Å²) in [5.41, 5.74) is 1.41. The maximum atomic E-state index is 12.1. The highest BCUT2D eigenvalue weighted by Gasteiger charge is 2.34. The van der Waals surface area contributed by atoms with E-state index in [1.54, 1.807) is 6.07 Å². The fourth-order valence-corrected chi connectivity index (χ4v) is 3.10. The van der Waals surface area contributed by atoms with Gasteiger partial charge in [-0.2, -0.15) is 0 Å². The topological polar surface area (TPSA) is 54.0 Å². The number of amides is 1. The summed E-state index contributed by atoms with van der Waals surface area (Å²) in [4.78, 5) is 16.4. The van der Waals surface area contributed by atoms with E-state index >= 15 is 0 Å². The zero-order valence-corrected chi connectivity index (χ0v) is 10.6. The fraction of sp³-hybridized carbons (Fsp3) is 0.571. The van der Waals surface area contributed by atoms with E-state index in [0.29, 0.717) is 23.8 Å². The quantitative estimate of drug-likeness (QED) is 0.828. The van der Waals surface area contributed by atoms with Gasteiger partial charge in [0.05, 0.1) is 0 Å². The fourth-order valence-electron chi connectivity index (χ4n) is 3.10. The summed E-state index contributed by atoms with van der Waals surface area (Å²) in [6.07, 6.45) is 4.60. The SMILES string of the molecule is Cc1cccc(C(=O)NC2CC3CCC(C2)N3)n1. The van der Waals surface area contributed by atoms with E-state index in [-0.39, 0.29) is 5.91 Å². The molecular formula is C14H19N3O. The molecule has 2 saturated heterocycles. The molecule has 3 rings (SSSR count). The molecule has 0 radical (unpaired) electrons. The molecule has 1 amide bonds. The Bertz CT molecular complexity index is 448. The molecule has 1 aromatic rings. The summed E-state index contributed by atoms with van der Waals surface area (Å²) in [5, 5.41) is 6.70. The van der Waals surface area contributed by atoms with Gasteiger partial charge in [-0.1, -0.05) is 6.07 Å². The molecule has 2 aliphatic heterocycles. The van der Waals surface area contributed by atoms with Gasteiger partial charge in [-0.15, -0.1) is 0 Å². The van der Waals surface area contributed by atoms with E-state index in [0.717, 1.165) is 18.5 Å². The smallest absolute Gasteiger partial charge is 0.270 e. The number of nitrogens with zero attached hydrogens (tertiary/aromatic N) is 1. The predicted molar refractivity (Wildman–Crippen MR) is 69.4 cm³/mol. The average molecular weight is 245 g/mol. The number of piperidine rings is 1. The highest BCUT2D eigenvalue weighted by atomic mass is 16.1. The van der Waals surface area contributed by atoms with Crippen LogP contribution in [0.15, 0.2) is 18.2 Å². The molecule has 0 aromatic carbocycles. The Morgan fingerprint density at radius 3 is 2.72 bits per heavy atom. The van der Waals surface area contributed by atoms with Crippen molar-refractivity contribution in [2.45, 2.75) is 50.7 Å². The lowest BCUT2D eigenvalue weighted by atomic mass is 10.00. The largest absolute Gasteiger partial charge is 0.348 e. The van der Waals surface area contributed by atoms with E-state index in [9.17, 15) is 4.79 Å². The van der Waals surface area contributed by atoms with Crippen molar-refractivity contribution in [2.75, 3.05) is 0 Å². The van der Waals surface area contributed by atoms with Gasteiger partial charge in [0.15, 0.2) is 0 Å². The Morgan fingerprint density at radius 1 is 1.33 bits per heavy atom. The van der Waals surface area contributed by atoms with Gasteiger partial charge < -0.3 is 10.6 Å². The summed E-state index contributed by atoms with van der Waals surface area (Å²) in [5.74, 6) is -0.0370. The Hall–Kier alpha value is -1.42. The highest BCUT2D eigenvalue weighted by Crippen LogP contribution is 2.26. The minimum atomic E-state index is -0.0370. The lowest BCUT2D eigenvalue weighted by molar-refractivity contribution is 0.0918. The van der Waals surface area contributed by atoms with Crippen LogP contribution < -0.4 is 10.6 Å². The molecule has 4 nitrogen and oxygen atoms in total. The number of aryl methyl sites for hydroxylation is 1. The molecule has 0 spiro atoms. The second-order valence-corrected chi connectivity index (χ2v) is 5.44. The first-order valence-electron chi connectivity index (χ1n) is 6.71. The van der Waals surface area contributed by atoms with E-state index < -0.39 is 0 Å². The van der Waals surface area contributed by atoms with E-state index in [1.807, 2.05) is 19.1 Å². The van der Waals surface area contributed by atoms with E-state index in [2.05, 4.69) is 15.6 Å². The summed E-state index contributed by atoms with van der Waals surface area (Å²) in [6.45, 7) is 1.90. The molecule has 3 heterocycles. The van der Waals surface area contributed by atoms with Gasteiger partial charge in [-0.3, -0.25) is 4.79 Å². The minimum Gasteiger partial charge on any atom is -0.348 e. The number of fused-ring (bicyclic) bond motifs is 2. The van der Waals surface area contributed by atoms with Crippen LogP contribution in [0.5, 0.6) is 0 Å². The van der Waals surface area contributed by atoms with Crippen LogP contribution in [0.4, 0.5) is 0 Å². The number of carbonyl (C=O) groups excluding carboxylic acids is 1. The zero-order valence-electron chi connectivity index (χ0n) is 10.6. The monoisotopic (exact) mass is 245 g/mol. The zero-order chi connectivity index (χ0) is 12.5. The summed E-state index contributed by atoms with van der Waals surface area (Å²) in [6, 6.07) is 7.06. The van der Waals surface area contributed by atoms with Gasteiger partial charge in [-0.05, 0) is 44.7 Å². The molecular weight excluding hydrogens is 226 g/mol. The lowest BCUT2D eigenvalue weighted by Gasteiger charge is -2.29. The predicted octanol–water partition coefficient (Wildman–Crippen LogP) is 1.40. The highest BCUT2D eigenvalue weighted by molar-refractivity contribution is 5.92. The number of hydrogen-bond acceptors (Lipinski definition) is 3. The third-order valence-electron chi connectivity index (χ3n) is 3.93. The summed E-state index contributed by atoms with van der Waals surface area (Å²) < 4.78 is 0. The molecule has 96 valence electrons. The van der Waals surface area contributed by atoms with Crippen LogP contribution in [0.2, 0.25) is 0 Å². The van der Waals surface area contributed by atoms with Crippen molar-refractivity contribution in [1.82, 2.24) is 15.6 Å². The van der Waals surface area contributed by atoms with Gasteiger partial charge in [-0.25, -0.2) is 4.98 Å². The van der Waals surface area contributed by atoms with Gasteiger partial charge in [0.25, 0.3) is 5.91 Å². The number of carbonyl (C=O) groups is 1. The normalized spacial score (nSPS) is 30.2. The Labute approximate surface area is 107 Å². The second-order valence-electron chi connectivity index (χ2n) is 5.44. The lowest BCUT2D eigenvalue weighted by Crippen LogP contribution is -2.48. The average Bonchev–Trinajstić information content (AvgIpc) is 2.69. The van der Waals surface area contributed by atoms with Crippen LogP contribution in [-0.4, -0.2) is 29.0 Å². The van der Waals surface area contributed by atoms with Gasteiger partial charge >= 0.3 is 0 Å². The van der Waals surface area contributed by atoms with Crippen molar-refractivity contribution in [3.8, 4) is 0 Å². The van der Waals surface area contributed by atoms with Crippen LogP contribution in [0.1, 0.15) is 41.9 Å². The number of nitrogens with one attached hydrogen (secondary N) is 2. The maximum absolute atomic E-state index is 12.1. The van der Waals surface area contributed by atoms with Gasteiger partial charge in [0.1, 0.15) is 5.69 Å². The number of aromatic nitrogens is 1. The number of pyridine rings is 1. The van der Waals surface area contributed by atoms with Gasteiger partial charge in [0, 0.05) is 23.8 Å². The summed E-state index contributed by atoms with van der Waals surface area (Å²) in [7, 11) is 0. The van der Waals surface area contributed by atoms with E-state index in [4.69, 9.17) is 0 Å². The van der Waals surface area contributed by atoms with Crippen LogP contribution in [-0.2, 0) is 0 Å². The molecule has 2 unspecified atom stereocenters. The van der Waals surface area contributed by atoms with Crippen molar-refractivity contribution in [3.05, 3.63) is 29.6 Å². The van der Waals surface area contributed by atoms with Crippen molar-refractivity contribution >= 4 is 5.91 Å². The number of hydrogen-bond donors (Lipinski definition) is 2. The molecule has 2 bridgehead atoms. The van der Waals surface area contributed by atoms with E-state index in [1.165, 1.54) is 12.8 Å². The molecule has 1 aromatic heterocycles. The molecule has 2 N–H and O–H groups in total. The Balaban J connectivity index is 1.64. The first-order chi connectivity index (χ1) is 8.70. The van der Waals surface area contributed by atoms with Gasteiger partial charge in [0.2, 0.25) is 0 Å². The Kier molecular flexibility index (Phi) is 3.04. The Morgan fingerprint density at radius 2 is 2.06 bits per heavy atom. The first-order valence-corrected chi connectivity index (χ1v) is 6.71. The van der Waals surface area contributed by atoms with Crippen LogP contribution >= 0.6 is 0 Å². The molecule has 2 atom stereocenters. The third-order valence-corrected chi connectivity index (χ3v) is 3.93. The molecule has 4 heteroatoms. The maximum Gasteiger partial charge on any atom is 0.270 e. The van der Waals surface area contributed by atoms with Crippen LogP contribution in [0.25, 0.3) is 0 Å². The first kappa shape index (κ1) is 11.7. The molecule has 18 heavy (non-hydrogen) atoms. The minimum absolute atomic E-state index is 0.0370. The molecule has 0 aliphatic carbocycles. The molecule has 0 saturated carbocycles. The molecule has 2 aliphatic rings. The third kappa shape index (κ3) is 2.38.